The van der Waals surface area contributed by atoms with E-state index in [1.54, 1.807) is 32.9 Å². The molecule has 0 radical (unpaired) electrons. The molecule has 0 unspecified atom stereocenters. The van der Waals surface area contributed by atoms with Crippen molar-refractivity contribution in [2.75, 3.05) is 25.2 Å². The summed E-state index contributed by atoms with van der Waals surface area (Å²) in [6.45, 7) is 3.81. The van der Waals surface area contributed by atoms with Gasteiger partial charge in [-0.1, -0.05) is 6.07 Å². The van der Waals surface area contributed by atoms with Crippen molar-refractivity contribution in [2.45, 2.75) is 31.8 Å². The van der Waals surface area contributed by atoms with Crippen LogP contribution in [0, 0.1) is 0 Å². The lowest BCUT2D eigenvalue weighted by atomic mass is 9.83. The van der Waals surface area contributed by atoms with Crippen LogP contribution in [0.2, 0.25) is 0 Å². The van der Waals surface area contributed by atoms with Crippen molar-refractivity contribution in [1.29, 1.82) is 0 Å². The fourth-order valence-electron chi connectivity index (χ4n) is 3.15. The molecule has 9 nitrogen and oxygen atoms in total. The molecule has 0 saturated heterocycles. The van der Waals surface area contributed by atoms with Gasteiger partial charge in [0, 0.05) is 6.07 Å². The maximum absolute atomic E-state index is 13.4. The fourth-order valence-corrected chi connectivity index (χ4v) is 3.15. The number of hydrogen-bond donors (Lipinski definition) is 1. The van der Waals surface area contributed by atoms with Crippen LogP contribution in [0.4, 0.5) is 10.5 Å². The normalized spacial score (nSPS) is 18.2. The van der Waals surface area contributed by atoms with E-state index in [4.69, 9.17) is 18.6 Å². The summed E-state index contributed by atoms with van der Waals surface area (Å²) in [4.78, 5) is 39.2. The molecule has 0 spiro atoms. The molecular formula is C21H23NO8. The fraction of sp³-hybridized carbons (Fsp3) is 0.381. The second kappa shape index (κ2) is 7.83. The standard InChI is InChI=1S/C21H23NO8/c1-20(2,3)30-19(26)22-15-10-13(27-4)7-8-14(15)21(11-23,18(22)25)12-29-17(24)16-6-5-9-28-16/h5-10,23H,11-12H2,1-4H3/t21-/m0/s1. The zero-order valence-corrected chi connectivity index (χ0v) is 17.1. The topological polar surface area (TPSA) is 116 Å². The molecule has 2 amide bonds. The Balaban J connectivity index is 2.00. The van der Waals surface area contributed by atoms with E-state index in [0.29, 0.717) is 11.3 Å². The van der Waals surface area contributed by atoms with Gasteiger partial charge in [-0.3, -0.25) is 4.79 Å². The third kappa shape index (κ3) is 3.76. The number of benzene rings is 1. The van der Waals surface area contributed by atoms with Crippen LogP contribution in [0.25, 0.3) is 0 Å². The number of nitrogens with zero attached hydrogens (tertiary/aromatic N) is 1. The van der Waals surface area contributed by atoms with E-state index in [1.807, 2.05) is 0 Å². The van der Waals surface area contributed by atoms with Crippen molar-refractivity contribution < 1.29 is 38.1 Å². The minimum Gasteiger partial charge on any atom is -0.497 e. The van der Waals surface area contributed by atoms with Gasteiger partial charge in [-0.15, -0.1) is 0 Å². The van der Waals surface area contributed by atoms with Crippen molar-refractivity contribution in [2.24, 2.45) is 0 Å². The monoisotopic (exact) mass is 417 g/mol. The summed E-state index contributed by atoms with van der Waals surface area (Å²) < 4.78 is 20.8. The van der Waals surface area contributed by atoms with Crippen LogP contribution < -0.4 is 9.64 Å². The number of ether oxygens (including phenoxy) is 3. The highest BCUT2D eigenvalue weighted by Gasteiger charge is 2.55. The van der Waals surface area contributed by atoms with Gasteiger partial charge in [-0.05, 0) is 44.5 Å². The first-order chi connectivity index (χ1) is 14.1. The van der Waals surface area contributed by atoms with Gasteiger partial charge in [-0.25, -0.2) is 14.5 Å². The van der Waals surface area contributed by atoms with Crippen LogP contribution in [-0.4, -0.2) is 49.0 Å². The Morgan fingerprint density at radius 1 is 1.23 bits per heavy atom. The first kappa shape index (κ1) is 21.4. The number of imide groups is 1. The van der Waals surface area contributed by atoms with Gasteiger partial charge in [0.15, 0.2) is 0 Å². The lowest BCUT2D eigenvalue weighted by Gasteiger charge is -2.27. The number of anilines is 1. The predicted octanol–water partition coefficient (Wildman–Crippen LogP) is 2.66. The molecule has 2 heterocycles. The van der Waals surface area contributed by atoms with Crippen LogP contribution in [0.5, 0.6) is 5.75 Å². The second-order valence-corrected chi connectivity index (χ2v) is 7.80. The molecule has 0 aliphatic carbocycles. The highest BCUT2D eigenvalue weighted by atomic mass is 16.6. The summed E-state index contributed by atoms with van der Waals surface area (Å²) in [5.74, 6) is -1.22. The number of esters is 1. The molecule has 0 fully saturated rings. The number of hydrogen-bond acceptors (Lipinski definition) is 8. The van der Waals surface area contributed by atoms with E-state index in [2.05, 4.69) is 0 Å². The van der Waals surface area contributed by atoms with E-state index in [1.165, 1.54) is 31.6 Å². The van der Waals surface area contributed by atoms with Gasteiger partial charge in [0.25, 0.3) is 5.91 Å². The zero-order chi connectivity index (χ0) is 22.1. The minimum atomic E-state index is -1.68. The highest BCUT2D eigenvalue weighted by Crippen LogP contribution is 2.44. The number of methoxy groups -OCH3 is 1. The molecule has 9 heteroatoms. The lowest BCUT2D eigenvalue weighted by molar-refractivity contribution is -0.126. The summed E-state index contributed by atoms with van der Waals surface area (Å²) >= 11 is 0. The maximum atomic E-state index is 13.4. The molecule has 160 valence electrons. The first-order valence-corrected chi connectivity index (χ1v) is 9.20. The van der Waals surface area contributed by atoms with Gasteiger partial charge < -0.3 is 23.7 Å². The van der Waals surface area contributed by atoms with Crippen LogP contribution in [-0.2, 0) is 19.7 Å². The summed E-state index contributed by atoms with van der Waals surface area (Å²) in [6, 6.07) is 7.56. The molecular weight excluding hydrogens is 394 g/mol. The van der Waals surface area contributed by atoms with Gasteiger partial charge in [0.05, 0.1) is 25.7 Å². The van der Waals surface area contributed by atoms with Crippen molar-refractivity contribution >= 4 is 23.7 Å². The molecule has 3 rings (SSSR count). The maximum Gasteiger partial charge on any atom is 0.421 e. The molecule has 1 atom stereocenters. The van der Waals surface area contributed by atoms with Crippen LogP contribution in [0.15, 0.2) is 41.0 Å². The smallest absolute Gasteiger partial charge is 0.421 e. The Labute approximate surface area is 173 Å². The van der Waals surface area contributed by atoms with Crippen molar-refractivity contribution in [3.8, 4) is 5.75 Å². The molecule has 1 aliphatic heterocycles. The van der Waals surface area contributed by atoms with Crippen molar-refractivity contribution in [3.05, 3.63) is 47.9 Å². The first-order valence-electron chi connectivity index (χ1n) is 9.20. The zero-order valence-electron chi connectivity index (χ0n) is 17.1. The number of carbonyl (C=O) groups excluding carboxylic acids is 3. The average Bonchev–Trinajstić information content (AvgIpc) is 3.29. The predicted molar refractivity (Wildman–Crippen MR) is 104 cm³/mol. The van der Waals surface area contributed by atoms with Crippen molar-refractivity contribution in [3.63, 3.8) is 0 Å². The van der Waals surface area contributed by atoms with Gasteiger partial charge in [0.2, 0.25) is 5.76 Å². The Morgan fingerprint density at radius 2 is 1.97 bits per heavy atom. The second-order valence-electron chi connectivity index (χ2n) is 7.80. The van der Waals surface area contributed by atoms with Crippen LogP contribution in [0.3, 0.4) is 0 Å². The SMILES string of the molecule is COc1ccc2c(c1)N(C(=O)OC(C)(C)C)C(=O)[C@@]2(CO)COC(=O)c1ccco1. The number of carbonyl (C=O) groups is 3. The van der Waals surface area contributed by atoms with Gasteiger partial charge >= 0.3 is 12.1 Å². The Morgan fingerprint density at radius 3 is 2.53 bits per heavy atom. The van der Waals surface area contributed by atoms with Crippen LogP contribution in [0.1, 0.15) is 36.9 Å². The summed E-state index contributed by atoms with van der Waals surface area (Å²) in [7, 11) is 1.45. The largest absolute Gasteiger partial charge is 0.497 e. The molecule has 1 aromatic heterocycles. The van der Waals surface area contributed by atoms with E-state index in [-0.39, 0.29) is 11.4 Å². The third-order valence-corrected chi connectivity index (χ3v) is 4.59. The Hall–Kier alpha value is -3.33. The van der Waals surface area contributed by atoms with Crippen molar-refractivity contribution in [1.82, 2.24) is 0 Å². The van der Waals surface area contributed by atoms with E-state index >= 15 is 0 Å². The highest BCUT2D eigenvalue weighted by molar-refractivity contribution is 6.21. The number of fused-ring (bicyclic) bond motifs is 1. The summed E-state index contributed by atoms with van der Waals surface area (Å²) in [5.41, 5.74) is -2.03. The number of aliphatic hydroxyl groups excluding tert-OH is 1. The third-order valence-electron chi connectivity index (χ3n) is 4.59. The summed E-state index contributed by atoms with van der Waals surface area (Å²) in [5, 5.41) is 10.2. The number of aliphatic hydroxyl groups is 1. The molecule has 1 N–H and O–H groups in total. The Bertz CT molecular complexity index is 960. The number of furan rings is 1. The van der Waals surface area contributed by atoms with Gasteiger partial charge in [0.1, 0.15) is 23.4 Å². The number of amides is 2. The lowest BCUT2D eigenvalue weighted by Crippen LogP contribution is -2.49. The summed E-state index contributed by atoms with van der Waals surface area (Å²) in [6.07, 6.45) is 0.403. The van der Waals surface area contributed by atoms with E-state index < -0.39 is 42.2 Å². The average molecular weight is 417 g/mol. The van der Waals surface area contributed by atoms with Gasteiger partial charge in [-0.2, -0.15) is 0 Å². The van der Waals surface area contributed by atoms with Crippen LogP contribution >= 0.6 is 0 Å². The molecule has 0 saturated carbocycles. The number of rotatable bonds is 5. The molecule has 1 aliphatic rings. The molecule has 1 aromatic carbocycles. The quantitative estimate of drug-likeness (QED) is 0.739. The Kier molecular flexibility index (Phi) is 5.58. The molecule has 0 bridgehead atoms. The van der Waals surface area contributed by atoms with E-state index in [9.17, 15) is 19.5 Å². The minimum absolute atomic E-state index is 0.0486. The molecule has 2 aromatic rings. The van der Waals surface area contributed by atoms with E-state index in [0.717, 1.165) is 4.90 Å². The molecule has 30 heavy (non-hydrogen) atoms.